The van der Waals surface area contributed by atoms with Crippen LogP contribution in [0.2, 0.25) is 5.02 Å². The Morgan fingerprint density at radius 2 is 1.59 bits per heavy atom. The number of aliphatic carboxylic acids is 1. The Morgan fingerprint density at radius 3 is 2.20 bits per heavy atom. The zero-order valence-corrected chi connectivity index (χ0v) is 38.9. The van der Waals surface area contributed by atoms with Crippen molar-refractivity contribution in [3.63, 3.8) is 0 Å². The van der Waals surface area contributed by atoms with Gasteiger partial charge in [-0.1, -0.05) is 71.7 Å². The molecule has 5 aliphatic rings. The third-order valence-corrected chi connectivity index (χ3v) is 17.6. The van der Waals surface area contributed by atoms with Crippen molar-refractivity contribution in [3.8, 4) is 0 Å². The molecule has 0 spiro atoms. The number of aliphatic hydroxyl groups excluding tert-OH is 1. The van der Waals surface area contributed by atoms with Gasteiger partial charge >= 0.3 is 11.9 Å². The number of esters is 1. The first kappa shape index (κ1) is 45.8. The lowest BCUT2D eigenvalue weighted by Crippen LogP contribution is -2.66. The Labute approximate surface area is 359 Å². The number of ether oxygens (including phenoxy) is 1. The topological polar surface area (TPSA) is 124 Å². The smallest absolute Gasteiger partial charge is 0.309 e. The minimum Gasteiger partial charge on any atom is -0.481 e. The van der Waals surface area contributed by atoms with Gasteiger partial charge in [-0.05, 0) is 148 Å². The third kappa shape index (κ3) is 7.63. The lowest BCUT2D eigenvalue weighted by atomic mass is 9.33. The quantitative estimate of drug-likeness (QED) is 0.200. The number of amides is 1. The van der Waals surface area contributed by atoms with E-state index in [9.17, 15) is 29.4 Å². The van der Waals surface area contributed by atoms with E-state index in [0.717, 1.165) is 61.6 Å². The van der Waals surface area contributed by atoms with Crippen molar-refractivity contribution in [1.82, 2.24) is 9.80 Å². The molecule has 4 saturated carbocycles. The molecule has 9 atom stereocenters. The van der Waals surface area contributed by atoms with E-state index in [0.29, 0.717) is 42.8 Å². The Bertz CT molecular complexity index is 1890. The number of ketones is 1. The average Bonchev–Trinajstić information content (AvgIpc) is 3.43. The van der Waals surface area contributed by atoms with Crippen molar-refractivity contribution in [3.05, 3.63) is 45.5 Å². The molecular weight excluding hydrogens is 764 g/mol. The molecule has 0 saturated heterocycles. The van der Waals surface area contributed by atoms with E-state index < -0.39 is 28.9 Å². The van der Waals surface area contributed by atoms with Gasteiger partial charge in [0.05, 0.1) is 17.9 Å². The summed E-state index contributed by atoms with van der Waals surface area (Å²) in [5.74, 6) is -0.471. The molecule has 0 radical (unpaired) electrons. The molecule has 6 rings (SSSR count). The normalized spacial score (nSPS) is 34.5. The number of carboxylic acids is 1. The van der Waals surface area contributed by atoms with E-state index in [2.05, 4.69) is 53.4 Å². The molecule has 5 aliphatic carbocycles. The molecule has 0 bridgehead atoms. The maximum Gasteiger partial charge on any atom is 0.309 e. The highest BCUT2D eigenvalue weighted by Crippen LogP contribution is 2.77. The number of halogens is 1. The van der Waals surface area contributed by atoms with Crippen molar-refractivity contribution in [1.29, 1.82) is 0 Å². The predicted octanol–water partition coefficient (Wildman–Crippen LogP) is 9.50. The molecule has 0 heterocycles. The van der Waals surface area contributed by atoms with Crippen molar-refractivity contribution in [2.75, 3.05) is 20.6 Å². The monoisotopic (exact) mass is 837 g/mol. The van der Waals surface area contributed by atoms with Crippen molar-refractivity contribution in [2.45, 2.75) is 159 Å². The summed E-state index contributed by atoms with van der Waals surface area (Å²) in [4.78, 5) is 56.5. The van der Waals surface area contributed by atoms with Gasteiger partial charge in [-0.2, -0.15) is 0 Å². The highest BCUT2D eigenvalue weighted by molar-refractivity contribution is 6.30. The summed E-state index contributed by atoms with van der Waals surface area (Å²) < 4.78 is 6.18. The molecule has 0 aromatic heterocycles. The van der Waals surface area contributed by atoms with Crippen LogP contribution in [-0.2, 0) is 37.0 Å². The van der Waals surface area contributed by atoms with Crippen molar-refractivity contribution >= 4 is 35.2 Å². The molecule has 1 aromatic rings. The fraction of sp³-hybridized carbons (Fsp3) is 0.755. The molecule has 9 nitrogen and oxygen atoms in total. The van der Waals surface area contributed by atoms with Crippen molar-refractivity contribution in [2.24, 2.45) is 56.2 Å². The standard InChI is InChI=1S/C49H73ClN2O7/c1-29(2)41-35(54)24-49(38(55)28-52(30(3)53)27-31-13-14-33(50)23-32(31)26-51(11)12)22-21-47(9)34(42(41)49)15-16-37-46(8)19-18-39(59-40(56)25-44(4,5)43(57)58)45(6,7)36(46)17-20-48(37,47)10/h13-14,23,29,34,36-39,55H,15-22,24-28H2,1-12H3,(H,57,58)/t34-,36?,37-,38+,39+,46+,47-,48-,49+/m1/s1. The van der Waals surface area contributed by atoms with E-state index in [1.807, 2.05) is 32.3 Å². The number of carbonyl (C=O) groups excluding carboxylic acids is 3. The number of Topliss-reactive ketones (excluding diaryl/α,β-unsaturated/α-hetero) is 1. The van der Waals surface area contributed by atoms with E-state index in [1.165, 1.54) is 5.57 Å². The van der Waals surface area contributed by atoms with Crippen LogP contribution in [0, 0.1) is 56.2 Å². The maximum absolute atomic E-state index is 14.3. The summed E-state index contributed by atoms with van der Waals surface area (Å²) in [5.41, 5.74) is 1.84. The summed E-state index contributed by atoms with van der Waals surface area (Å²) in [6, 6.07) is 5.79. The third-order valence-electron chi connectivity index (χ3n) is 17.4. The molecule has 4 fully saturated rings. The first-order valence-electron chi connectivity index (χ1n) is 22.3. The lowest BCUT2D eigenvalue weighted by molar-refractivity contribution is -0.235. The molecule has 328 valence electrons. The largest absolute Gasteiger partial charge is 0.481 e. The van der Waals surface area contributed by atoms with Crippen LogP contribution in [-0.4, -0.2) is 76.5 Å². The molecule has 2 N–H and O–H groups in total. The Balaban J connectivity index is 1.29. The van der Waals surface area contributed by atoms with E-state index in [4.69, 9.17) is 16.3 Å². The number of rotatable bonds is 12. The number of benzene rings is 1. The van der Waals surface area contributed by atoms with Gasteiger partial charge in [-0.25, -0.2) is 0 Å². The number of fused-ring (bicyclic) bond motifs is 7. The number of hydrogen-bond acceptors (Lipinski definition) is 7. The zero-order valence-electron chi connectivity index (χ0n) is 38.1. The predicted molar refractivity (Wildman–Crippen MR) is 231 cm³/mol. The number of hydrogen-bond donors (Lipinski definition) is 2. The zero-order chi connectivity index (χ0) is 43.8. The van der Waals surface area contributed by atoms with Crippen LogP contribution in [0.3, 0.4) is 0 Å². The van der Waals surface area contributed by atoms with Crippen LogP contribution in [0.1, 0.15) is 145 Å². The number of carbonyl (C=O) groups is 4. The second kappa shape index (κ2) is 15.9. The summed E-state index contributed by atoms with van der Waals surface area (Å²) >= 11 is 6.41. The summed E-state index contributed by atoms with van der Waals surface area (Å²) in [6.07, 6.45) is 6.27. The highest BCUT2D eigenvalue weighted by Gasteiger charge is 2.71. The first-order chi connectivity index (χ1) is 27.2. The second-order valence-corrected chi connectivity index (χ2v) is 22.6. The highest BCUT2D eigenvalue weighted by atomic mass is 35.5. The lowest BCUT2D eigenvalue weighted by Gasteiger charge is -2.72. The van der Waals surface area contributed by atoms with Gasteiger partial charge in [0, 0.05) is 48.8 Å². The summed E-state index contributed by atoms with van der Waals surface area (Å²) in [6.45, 7) is 22.2. The van der Waals surface area contributed by atoms with Crippen LogP contribution in [0.15, 0.2) is 29.3 Å². The Hall–Kier alpha value is -2.75. The van der Waals surface area contributed by atoms with Crippen LogP contribution in [0.4, 0.5) is 0 Å². The number of aliphatic hydroxyl groups is 1. The van der Waals surface area contributed by atoms with Gasteiger partial charge in [0.25, 0.3) is 0 Å². The van der Waals surface area contributed by atoms with Gasteiger partial charge < -0.3 is 24.7 Å². The molecule has 1 amide bonds. The molecule has 59 heavy (non-hydrogen) atoms. The second-order valence-electron chi connectivity index (χ2n) is 22.1. The average molecular weight is 838 g/mol. The van der Waals surface area contributed by atoms with Crippen molar-refractivity contribution < 1.29 is 34.1 Å². The van der Waals surface area contributed by atoms with Crippen LogP contribution >= 0.6 is 11.6 Å². The fourth-order valence-corrected chi connectivity index (χ4v) is 14.2. The van der Waals surface area contributed by atoms with Crippen LogP contribution < -0.4 is 0 Å². The molecular formula is C49H73ClN2O7. The Kier molecular flexibility index (Phi) is 12.3. The number of nitrogens with zero attached hydrogens (tertiary/aromatic N) is 2. The summed E-state index contributed by atoms with van der Waals surface area (Å²) in [7, 11) is 4.01. The summed E-state index contributed by atoms with van der Waals surface area (Å²) in [5, 5.41) is 22.9. The Morgan fingerprint density at radius 1 is 0.915 bits per heavy atom. The number of carboxylic acid groups (broad SMARTS) is 1. The molecule has 0 aliphatic heterocycles. The van der Waals surface area contributed by atoms with Gasteiger partial charge in [0.1, 0.15) is 6.10 Å². The molecule has 1 unspecified atom stereocenters. The first-order valence-corrected chi connectivity index (χ1v) is 22.7. The van der Waals surface area contributed by atoms with E-state index in [1.54, 1.807) is 25.7 Å². The SMILES string of the molecule is CC(=O)N(Cc1ccc(Cl)cc1CN(C)C)C[C@H](O)[C@@]12CC[C@]3(C)[C@H](CC[C@@H]4[C@@]5(C)CC[C@H](OC(=O)CC(C)(C)C(=O)O)C(C)(C)C5CC[C@]43C)C1=C(C(C)C)C(=O)C2. The van der Waals surface area contributed by atoms with Gasteiger partial charge in [-0.3, -0.25) is 19.2 Å². The minimum absolute atomic E-state index is 0.0115. The van der Waals surface area contributed by atoms with Crippen LogP contribution in [0.25, 0.3) is 0 Å². The van der Waals surface area contributed by atoms with Gasteiger partial charge in [-0.15, -0.1) is 0 Å². The number of allylic oxidation sites excluding steroid dienone is 1. The molecule has 10 heteroatoms. The fourth-order valence-electron chi connectivity index (χ4n) is 14.0. The van der Waals surface area contributed by atoms with Gasteiger partial charge in [0.15, 0.2) is 5.78 Å². The molecule has 1 aromatic carbocycles. The van der Waals surface area contributed by atoms with E-state index >= 15 is 0 Å². The minimum atomic E-state index is -1.19. The van der Waals surface area contributed by atoms with Gasteiger partial charge in [0.2, 0.25) is 5.91 Å². The maximum atomic E-state index is 14.3. The van der Waals surface area contributed by atoms with E-state index in [-0.39, 0.29) is 64.3 Å². The van der Waals surface area contributed by atoms with Crippen LogP contribution in [0.5, 0.6) is 0 Å².